The maximum atomic E-state index is 6.30. The Morgan fingerprint density at radius 1 is 1.41 bits per heavy atom. The fraction of sp³-hybridized carbons (Fsp3) is 0.769. The molecule has 1 aliphatic rings. The number of nitrogens with one attached hydrogen (secondary N) is 1. The van der Waals surface area contributed by atoms with Crippen LogP contribution in [0, 0.1) is 6.92 Å². The third kappa shape index (κ3) is 2.66. The van der Waals surface area contributed by atoms with Gasteiger partial charge in [-0.15, -0.1) is 0 Å². The van der Waals surface area contributed by atoms with E-state index in [-0.39, 0.29) is 0 Å². The smallest absolute Gasteiger partial charge is 0.0860 e. The molecular weight excluding hydrogens is 234 g/mol. The van der Waals surface area contributed by atoms with E-state index in [9.17, 15) is 0 Å². The molecular formula is C13H22ClN3. The van der Waals surface area contributed by atoms with E-state index >= 15 is 0 Å². The molecule has 0 unspecified atom stereocenters. The highest BCUT2D eigenvalue weighted by Gasteiger charge is 2.28. The first-order valence-corrected chi connectivity index (χ1v) is 6.90. The minimum Gasteiger partial charge on any atom is -0.306 e. The summed E-state index contributed by atoms with van der Waals surface area (Å²) in [4.78, 5) is 0. The monoisotopic (exact) mass is 255 g/mol. The molecule has 0 aliphatic heterocycles. The number of aryl methyl sites for hydroxylation is 2. The Bertz CT molecular complexity index is 392. The zero-order valence-corrected chi connectivity index (χ0v) is 11.8. The van der Waals surface area contributed by atoms with E-state index in [0.717, 1.165) is 29.5 Å². The SMILES string of the molecule is CCn1nc(C)c(Cl)c1CNC1(C)CCCC1. The highest BCUT2D eigenvalue weighted by molar-refractivity contribution is 6.31. The molecule has 0 radical (unpaired) electrons. The van der Waals surface area contributed by atoms with E-state index in [4.69, 9.17) is 11.6 Å². The molecule has 4 heteroatoms. The Kier molecular flexibility index (Phi) is 3.79. The molecule has 1 aliphatic carbocycles. The van der Waals surface area contributed by atoms with Gasteiger partial charge >= 0.3 is 0 Å². The lowest BCUT2D eigenvalue weighted by Crippen LogP contribution is -2.39. The molecule has 0 bridgehead atoms. The van der Waals surface area contributed by atoms with Gasteiger partial charge < -0.3 is 5.32 Å². The van der Waals surface area contributed by atoms with Crippen molar-refractivity contribution in [2.75, 3.05) is 0 Å². The fourth-order valence-electron chi connectivity index (χ4n) is 2.67. The quantitative estimate of drug-likeness (QED) is 0.895. The molecule has 96 valence electrons. The largest absolute Gasteiger partial charge is 0.306 e. The summed E-state index contributed by atoms with van der Waals surface area (Å²) in [6.45, 7) is 8.08. The van der Waals surface area contributed by atoms with Crippen LogP contribution in [-0.4, -0.2) is 15.3 Å². The van der Waals surface area contributed by atoms with Gasteiger partial charge in [-0.25, -0.2) is 0 Å². The summed E-state index contributed by atoms with van der Waals surface area (Å²) in [5.74, 6) is 0. The number of aromatic nitrogens is 2. The van der Waals surface area contributed by atoms with Crippen molar-refractivity contribution in [1.82, 2.24) is 15.1 Å². The van der Waals surface area contributed by atoms with E-state index in [0.29, 0.717) is 5.54 Å². The molecule has 0 atom stereocenters. The second kappa shape index (κ2) is 4.99. The molecule has 1 N–H and O–H groups in total. The lowest BCUT2D eigenvalue weighted by atomic mass is 10.0. The first kappa shape index (κ1) is 12.9. The summed E-state index contributed by atoms with van der Waals surface area (Å²) < 4.78 is 2.00. The van der Waals surface area contributed by atoms with Gasteiger partial charge in [-0.2, -0.15) is 5.10 Å². The van der Waals surface area contributed by atoms with Gasteiger partial charge in [0.05, 0.1) is 16.4 Å². The van der Waals surface area contributed by atoms with E-state index in [1.54, 1.807) is 0 Å². The molecule has 1 aromatic rings. The summed E-state index contributed by atoms with van der Waals surface area (Å²) in [6, 6.07) is 0. The maximum absolute atomic E-state index is 6.30. The van der Waals surface area contributed by atoms with Gasteiger partial charge in [-0.05, 0) is 33.6 Å². The number of hydrogen-bond donors (Lipinski definition) is 1. The molecule has 1 fully saturated rings. The van der Waals surface area contributed by atoms with Crippen molar-refractivity contribution >= 4 is 11.6 Å². The van der Waals surface area contributed by atoms with Crippen molar-refractivity contribution in [1.29, 1.82) is 0 Å². The van der Waals surface area contributed by atoms with E-state index in [2.05, 4.69) is 24.3 Å². The van der Waals surface area contributed by atoms with Crippen molar-refractivity contribution in [3.8, 4) is 0 Å². The summed E-state index contributed by atoms with van der Waals surface area (Å²) in [6.07, 6.45) is 5.21. The average Bonchev–Trinajstić information content (AvgIpc) is 2.84. The lowest BCUT2D eigenvalue weighted by Gasteiger charge is -2.25. The zero-order chi connectivity index (χ0) is 12.5. The second-order valence-corrected chi connectivity index (χ2v) is 5.66. The van der Waals surface area contributed by atoms with Gasteiger partial charge in [0.15, 0.2) is 0 Å². The van der Waals surface area contributed by atoms with Crippen molar-refractivity contribution in [2.45, 2.75) is 65.1 Å². The van der Waals surface area contributed by atoms with Crippen LogP contribution in [0.1, 0.15) is 50.9 Å². The standard InChI is InChI=1S/C13H22ClN3/c1-4-17-11(12(14)10(2)16-17)9-15-13(3)7-5-6-8-13/h15H,4-9H2,1-3H3. The normalized spacial score (nSPS) is 18.8. The molecule has 0 spiro atoms. The molecule has 17 heavy (non-hydrogen) atoms. The highest BCUT2D eigenvalue weighted by Crippen LogP contribution is 2.30. The molecule has 3 nitrogen and oxygen atoms in total. The Balaban J connectivity index is 2.08. The van der Waals surface area contributed by atoms with E-state index in [1.807, 2.05) is 11.6 Å². The second-order valence-electron chi connectivity index (χ2n) is 5.28. The highest BCUT2D eigenvalue weighted by atomic mass is 35.5. The summed E-state index contributed by atoms with van der Waals surface area (Å²) in [7, 11) is 0. The minimum atomic E-state index is 0.292. The summed E-state index contributed by atoms with van der Waals surface area (Å²) >= 11 is 6.30. The number of halogens is 1. The fourth-order valence-corrected chi connectivity index (χ4v) is 2.87. The zero-order valence-electron chi connectivity index (χ0n) is 11.0. The molecule has 1 heterocycles. The molecule has 1 saturated carbocycles. The third-order valence-corrected chi connectivity index (χ3v) is 4.33. The van der Waals surface area contributed by atoms with Crippen molar-refractivity contribution in [2.24, 2.45) is 0 Å². The van der Waals surface area contributed by atoms with Crippen LogP contribution >= 0.6 is 11.6 Å². The number of rotatable bonds is 4. The minimum absolute atomic E-state index is 0.292. The van der Waals surface area contributed by atoms with Crippen molar-refractivity contribution < 1.29 is 0 Å². The third-order valence-electron chi connectivity index (χ3n) is 3.84. The molecule has 0 amide bonds. The van der Waals surface area contributed by atoms with Crippen LogP contribution in [0.5, 0.6) is 0 Å². The predicted octanol–water partition coefficient (Wildman–Crippen LogP) is 3.29. The number of nitrogens with zero attached hydrogens (tertiary/aromatic N) is 2. The summed E-state index contributed by atoms with van der Waals surface area (Å²) in [5.41, 5.74) is 2.35. The Morgan fingerprint density at radius 3 is 2.65 bits per heavy atom. The van der Waals surface area contributed by atoms with Gasteiger partial charge in [0.1, 0.15) is 0 Å². The molecule has 2 rings (SSSR count). The first-order valence-electron chi connectivity index (χ1n) is 6.52. The predicted molar refractivity (Wildman–Crippen MR) is 71.4 cm³/mol. The van der Waals surface area contributed by atoms with Crippen molar-refractivity contribution in [3.05, 3.63) is 16.4 Å². The van der Waals surface area contributed by atoms with Crippen LogP contribution in [0.4, 0.5) is 0 Å². The van der Waals surface area contributed by atoms with Gasteiger partial charge in [-0.1, -0.05) is 24.4 Å². The van der Waals surface area contributed by atoms with Gasteiger partial charge in [0.2, 0.25) is 0 Å². The molecule has 0 saturated heterocycles. The van der Waals surface area contributed by atoms with Crippen LogP contribution in [0.2, 0.25) is 5.02 Å². The maximum Gasteiger partial charge on any atom is 0.0860 e. The van der Waals surface area contributed by atoms with Crippen LogP contribution in [0.15, 0.2) is 0 Å². The Morgan fingerprint density at radius 2 is 2.06 bits per heavy atom. The van der Waals surface area contributed by atoms with Crippen molar-refractivity contribution in [3.63, 3.8) is 0 Å². The van der Waals surface area contributed by atoms with Gasteiger partial charge in [0.25, 0.3) is 0 Å². The van der Waals surface area contributed by atoms with Crippen LogP contribution in [0.25, 0.3) is 0 Å². The molecule has 1 aromatic heterocycles. The van der Waals surface area contributed by atoms with E-state index < -0.39 is 0 Å². The van der Waals surface area contributed by atoms with Crippen LogP contribution in [0.3, 0.4) is 0 Å². The molecule has 0 aromatic carbocycles. The summed E-state index contributed by atoms with van der Waals surface area (Å²) in [5, 5.41) is 8.92. The first-order chi connectivity index (χ1) is 8.06. The van der Waals surface area contributed by atoms with Crippen LogP contribution < -0.4 is 5.32 Å². The Hall–Kier alpha value is -0.540. The Labute approximate surface area is 109 Å². The lowest BCUT2D eigenvalue weighted by molar-refractivity contribution is 0.356. The van der Waals surface area contributed by atoms with Gasteiger partial charge in [0, 0.05) is 18.6 Å². The topological polar surface area (TPSA) is 29.9 Å². The number of hydrogen-bond acceptors (Lipinski definition) is 2. The van der Waals surface area contributed by atoms with Gasteiger partial charge in [-0.3, -0.25) is 4.68 Å². The average molecular weight is 256 g/mol. The van der Waals surface area contributed by atoms with Crippen LogP contribution in [-0.2, 0) is 13.1 Å². The van der Waals surface area contributed by atoms with E-state index in [1.165, 1.54) is 25.7 Å².